The Hall–Kier alpha value is -1.51. The number of aliphatic carboxylic acids is 1. The van der Waals surface area contributed by atoms with Crippen molar-refractivity contribution in [3.63, 3.8) is 0 Å². The van der Waals surface area contributed by atoms with Gasteiger partial charge in [-0.25, -0.2) is 0 Å². The van der Waals surface area contributed by atoms with Crippen LogP contribution in [0.5, 0.6) is 5.75 Å². The van der Waals surface area contributed by atoms with Crippen molar-refractivity contribution in [2.24, 2.45) is 5.92 Å². The topological polar surface area (TPSA) is 46.5 Å². The Morgan fingerprint density at radius 2 is 2.12 bits per heavy atom. The third kappa shape index (κ3) is 3.48. The van der Waals surface area contributed by atoms with E-state index in [9.17, 15) is 4.79 Å². The monoisotopic (exact) mass is 236 g/mol. The minimum absolute atomic E-state index is 0.337. The van der Waals surface area contributed by atoms with Gasteiger partial charge >= 0.3 is 5.97 Å². The van der Waals surface area contributed by atoms with Gasteiger partial charge in [-0.3, -0.25) is 4.79 Å². The number of benzene rings is 1. The van der Waals surface area contributed by atoms with Crippen molar-refractivity contribution >= 4 is 5.97 Å². The molecule has 0 bridgehead atoms. The molecular weight excluding hydrogens is 216 g/mol. The Balaban J connectivity index is 2.97. The van der Waals surface area contributed by atoms with E-state index in [2.05, 4.69) is 6.92 Å². The summed E-state index contributed by atoms with van der Waals surface area (Å²) < 4.78 is 5.28. The lowest BCUT2D eigenvalue weighted by Crippen LogP contribution is -2.15. The van der Waals surface area contributed by atoms with Crippen molar-refractivity contribution in [1.82, 2.24) is 0 Å². The summed E-state index contributed by atoms with van der Waals surface area (Å²) in [5.41, 5.74) is 2.20. The minimum Gasteiger partial charge on any atom is -0.496 e. The third-order valence-electron chi connectivity index (χ3n) is 3.06. The first-order valence-corrected chi connectivity index (χ1v) is 6.00. The number of aryl methyl sites for hydroxylation is 1. The number of carboxylic acid groups (broad SMARTS) is 1. The standard InChI is InChI=1S/C14H20O3/c1-4-10-6-7-13(17-3)12(8-10)9-11(5-2)14(15)16/h6-8,11H,4-5,9H2,1-3H3,(H,15,16). The molecule has 0 aliphatic carbocycles. The van der Waals surface area contributed by atoms with E-state index in [0.717, 1.165) is 17.7 Å². The van der Waals surface area contributed by atoms with Gasteiger partial charge in [-0.15, -0.1) is 0 Å². The number of carbonyl (C=O) groups is 1. The predicted octanol–water partition coefficient (Wildman–Crippen LogP) is 2.91. The zero-order valence-electron chi connectivity index (χ0n) is 10.7. The van der Waals surface area contributed by atoms with Gasteiger partial charge < -0.3 is 9.84 Å². The molecule has 1 unspecified atom stereocenters. The molecular formula is C14H20O3. The maximum Gasteiger partial charge on any atom is 0.306 e. The summed E-state index contributed by atoms with van der Waals surface area (Å²) >= 11 is 0. The van der Waals surface area contributed by atoms with Crippen LogP contribution >= 0.6 is 0 Å². The SMILES string of the molecule is CCc1ccc(OC)c(CC(CC)C(=O)O)c1. The van der Waals surface area contributed by atoms with Gasteiger partial charge in [-0.2, -0.15) is 0 Å². The summed E-state index contributed by atoms with van der Waals surface area (Å²) in [4.78, 5) is 11.0. The smallest absolute Gasteiger partial charge is 0.306 e. The molecule has 0 spiro atoms. The molecule has 1 atom stereocenters. The van der Waals surface area contributed by atoms with Crippen LogP contribution in [-0.2, 0) is 17.6 Å². The summed E-state index contributed by atoms with van der Waals surface area (Å²) in [6.45, 7) is 3.98. The van der Waals surface area contributed by atoms with Crippen LogP contribution in [0.25, 0.3) is 0 Å². The summed E-state index contributed by atoms with van der Waals surface area (Å²) in [7, 11) is 1.62. The second-order valence-electron chi connectivity index (χ2n) is 4.15. The Morgan fingerprint density at radius 3 is 2.59 bits per heavy atom. The van der Waals surface area contributed by atoms with E-state index in [0.29, 0.717) is 12.8 Å². The maximum atomic E-state index is 11.0. The number of carboxylic acids is 1. The maximum absolute atomic E-state index is 11.0. The normalized spacial score (nSPS) is 12.2. The van der Waals surface area contributed by atoms with Crippen molar-refractivity contribution in [2.45, 2.75) is 33.1 Å². The first-order chi connectivity index (χ1) is 8.12. The molecule has 0 radical (unpaired) electrons. The highest BCUT2D eigenvalue weighted by atomic mass is 16.5. The average molecular weight is 236 g/mol. The van der Waals surface area contributed by atoms with Gasteiger partial charge in [-0.05, 0) is 36.5 Å². The highest BCUT2D eigenvalue weighted by molar-refractivity contribution is 5.70. The molecule has 0 amide bonds. The lowest BCUT2D eigenvalue weighted by molar-refractivity contribution is -0.141. The van der Waals surface area contributed by atoms with E-state index in [1.165, 1.54) is 5.56 Å². The highest BCUT2D eigenvalue weighted by Gasteiger charge is 2.17. The lowest BCUT2D eigenvalue weighted by atomic mass is 9.95. The molecule has 3 heteroatoms. The van der Waals surface area contributed by atoms with Crippen molar-refractivity contribution in [2.75, 3.05) is 7.11 Å². The Morgan fingerprint density at radius 1 is 1.41 bits per heavy atom. The zero-order valence-corrected chi connectivity index (χ0v) is 10.7. The summed E-state index contributed by atoms with van der Waals surface area (Å²) in [5, 5.41) is 9.08. The fraction of sp³-hybridized carbons (Fsp3) is 0.500. The fourth-order valence-electron chi connectivity index (χ4n) is 1.88. The fourth-order valence-corrected chi connectivity index (χ4v) is 1.88. The van der Waals surface area contributed by atoms with Crippen LogP contribution < -0.4 is 4.74 Å². The average Bonchev–Trinajstić information content (AvgIpc) is 2.35. The van der Waals surface area contributed by atoms with Crippen molar-refractivity contribution < 1.29 is 14.6 Å². The van der Waals surface area contributed by atoms with E-state index in [1.54, 1.807) is 7.11 Å². The van der Waals surface area contributed by atoms with Gasteiger partial charge in [0.25, 0.3) is 0 Å². The van der Waals surface area contributed by atoms with Crippen LogP contribution in [0.15, 0.2) is 18.2 Å². The van der Waals surface area contributed by atoms with Crippen LogP contribution in [0.4, 0.5) is 0 Å². The van der Waals surface area contributed by atoms with Crippen LogP contribution in [0.3, 0.4) is 0 Å². The molecule has 94 valence electrons. The number of rotatable bonds is 6. The molecule has 3 nitrogen and oxygen atoms in total. The second kappa shape index (κ2) is 6.28. The number of hydrogen-bond acceptors (Lipinski definition) is 2. The van der Waals surface area contributed by atoms with Crippen LogP contribution in [-0.4, -0.2) is 18.2 Å². The van der Waals surface area contributed by atoms with E-state index < -0.39 is 5.97 Å². The Labute approximate surface area is 102 Å². The van der Waals surface area contributed by atoms with Crippen LogP contribution in [0, 0.1) is 5.92 Å². The predicted molar refractivity (Wildman–Crippen MR) is 67.5 cm³/mol. The van der Waals surface area contributed by atoms with E-state index in [1.807, 2.05) is 25.1 Å². The molecule has 0 aliphatic heterocycles. The molecule has 17 heavy (non-hydrogen) atoms. The van der Waals surface area contributed by atoms with Gasteiger partial charge in [0.1, 0.15) is 5.75 Å². The van der Waals surface area contributed by atoms with Gasteiger partial charge in [0.05, 0.1) is 13.0 Å². The van der Waals surface area contributed by atoms with Crippen molar-refractivity contribution in [3.05, 3.63) is 29.3 Å². The molecule has 1 rings (SSSR count). The third-order valence-corrected chi connectivity index (χ3v) is 3.06. The summed E-state index contributed by atoms with van der Waals surface area (Å²) in [5.74, 6) is -0.297. The second-order valence-corrected chi connectivity index (χ2v) is 4.15. The largest absolute Gasteiger partial charge is 0.496 e. The molecule has 1 aromatic carbocycles. The van der Waals surface area contributed by atoms with E-state index >= 15 is 0 Å². The first-order valence-electron chi connectivity index (χ1n) is 6.00. The van der Waals surface area contributed by atoms with Crippen molar-refractivity contribution in [1.29, 1.82) is 0 Å². The number of hydrogen-bond donors (Lipinski definition) is 1. The molecule has 0 saturated carbocycles. The quantitative estimate of drug-likeness (QED) is 0.826. The zero-order chi connectivity index (χ0) is 12.8. The van der Waals surface area contributed by atoms with Crippen molar-refractivity contribution in [3.8, 4) is 5.75 Å². The molecule has 0 fully saturated rings. The van der Waals surface area contributed by atoms with Crippen LogP contribution in [0.1, 0.15) is 31.4 Å². The van der Waals surface area contributed by atoms with E-state index in [-0.39, 0.29) is 5.92 Å². The van der Waals surface area contributed by atoms with Gasteiger partial charge in [0, 0.05) is 0 Å². The molecule has 0 heterocycles. The molecule has 0 aliphatic rings. The molecule has 0 saturated heterocycles. The van der Waals surface area contributed by atoms with Gasteiger partial charge in [0.2, 0.25) is 0 Å². The summed E-state index contributed by atoms with van der Waals surface area (Å²) in [6.07, 6.45) is 2.11. The molecule has 0 aromatic heterocycles. The lowest BCUT2D eigenvalue weighted by Gasteiger charge is -2.14. The summed E-state index contributed by atoms with van der Waals surface area (Å²) in [6, 6.07) is 5.98. The van der Waals surface area contributed by atoms with Gasteiger partial charge in [-0.1, -0.05) is 26.0 Å². The first kappa shape index (κ1) is 13.6. The number of methoxy groups -OCH3 is 1. The minimum atomic E-state index is -0.739. The molecule has 1 aromatic rings. The van der Waals surface area contributed by atoms with E-state index in [4.69, 9.17) is 9.84 Å². The molecule has 1 N–H and O–H groups in total. The van der Waals surface area contributed by atoms with Crippen LogP contribution in [0.2, 0.25) is 0 Å². The number of ether oxygens (including phenoxy) is 1. The van der Waals surface area contributed by atoms with Gasteiger partial charge in [0.15, 0.2) is 0 Å². The Bertz CT molecular complexity index is 385. The highest BCUT2D eigenvalue weighted by Crippen LogP contribution is 2.24. The Kier molecular flexibility index (Phi) is 5.01.